The van der Waals surface area contributed by atoms with Crippen LogP contribution in [0.2, 0.25) is 0 Å². The summed E-state index contributed by atoms with van der Waals surface area (Å²) in [6.07, 6.45) is -4.78. The van der Waals surface area contributed by atoms with Crippen molar-refractivity contribution in [3.8, 4) is 11.4 Å². The van der Waals surface area contributed by atoms with Crippen molar-refractivity contribution in [2.45, 2.75) is 13.3 Å². The van der Waals surface area contributed by atoms with Gasteiger partial charge < -0.3 is 9.30 Å². The summed E-state index contributed by atoms with van der Waals surface area (Å²) in [6.45, 7) is 1.64. The molecule has 6 nitrogen and oxygen atoms in total. The maximum Gasteiger partial charge on any atom is 0.573 e. The molecule has 0 atom stereocenters. The van der Waals surface area contributed by atoms with Gasteiger partial charge in [0.15, 0.2) is 0 Å². The SMILES string of the molecule is Cc1c2c(=O)n(-c3ccc(OC(F)(F)F)cc3)[nH]c2cc(=O)n1C. The van der Waals surface area contributed by atoms with Crippen LogP contribution in [0.25, 0.3) is 16.6 Å². The molecule has 9 heteroatoms. The van der Waals surface area contributed by atoms with E-state index in [2.05, 4.69) is 9.84 Å². The van der Waals surface area contributed by atoms with Crippen molar-refractivity contribution in [2.24, 2.45) is 7.05 Å². The number of fused-ring (bicyclic) bond motifs is 1. The molecule has 2 aromatic heterocycles. The Labute approximate surface area is 132 Å². The smallest absolute Gasteiger partial charge is 0.406 e. The lowest BCUT2D eigenvalue weighted by atomic mass is 10.2. The first kappa shape index (κ1) is 15.9. The van der Waals surface area contributed by atoms with Gasteiger partial charge in [-0.15, -0.1) is 13.2 Å². The fourth-order valence-corrected chi connectivity index (χ4v) is 2.44. The second kappa shape index (κ2) is 5.29. The van der Waals surface area contributed by atoms with Crippen molar-refractivity contribution in [1.82, 2.24) is 14.3 Å². The first-order valence-corrected chi connectivity index (χ1v) is 6.85. The molecule has 0 bridgehead atoms. The first-order chi connectivity index (χ1) is 11.2. The van der Waals surface area contributed by atoms with Gasteiger partial charge in [0.2, 0.25) is 0 Å². The summed E-state index contributed by atoms with van der Waals surface area (Å²) >= 11 is 0. The molecule has 0 aliphatic carbocycles. The number of pyridine rings is 1. The summed E-state index contributed by atoms with van der Waals surface area (Å²) in [5.74, 6) is -0.389. The summed E-state index contributed by atoms with van der Waals surface area (Å²) in [7, 11) is 1.55. The molecule has 0 aliphatic heterocycles. The molecule has 2 heterocycles. The highest BCUT2D eigenvalue weighted by molar-refractivity contribution is 5.80. The highest BCUT2D eigenvalue weighted by Crippen LogP contribution is 2.23. The summed E-state index contributed by atoms with van der Waals surface area (Å²) in [6, 6.07) is 6.12. The predicted molar refractivity (Wildman–Crippen MR) is 80.6 cm³/mol. The Kier molecular flexibility index (Phi) is 3.51. The van der Waals surface area contributed by atoms with Crippen molar-refractivity contribution in [1.29, 1.82) is 0 Å². The third-order valence-corrected chi connectivity index (χ3v) is 3.71. The number of ether oxygens (including phenoxy) is 1. The lowest BCUT2D eigenvalue weighted by Crippen LogP contribution is -2.20. The fraction of sp³-hybridized carbons (Fsp3) is 0.200. The van der Waals surface area contributed by atoms with Crippen molar-refractivity contribution in [3.63, 3.8) is 0 Å². The van der Waals surface area contributed by atoms with Gasteiger partial charge >= 0.3 is 6.36 Å². The molecule has 126 valence electrons. The first-order valence-electron chi connectivity index (χ1n) is 6.85. The number of alkyl halides is 3. The lowest BCUT2D eigenvalue weighted by molar-refractivity contribution is -0.274. The van der Waals surface area contributed by atoms with Gasteiger partial charge in [0.1, 0.15) is 5.75 Å². The number of hydrogen-bond donors (Lipinski definition) is 1. The maximum absolute atomic E-state index is 12.5. The van der Waals surface area contributed by atoms with E-state index in [0.29, 0.717) is 22.3 Å². The number of rotatable bonds is 2. The molecule has 0 fully saturated rings. The molecule has 1 aromatic carbocycles. The number of nitrogens with one attached hydrogen (secondary N) is 1. The third-order valence-electron chi connectivity index (χ3n) is 3.71. The molecular weight excluding hydrogens is 327 g/mol. The van der Waals surface area contributed by atoms with Crippen LogP contribution in [0.5, 0.6) is 5.75 Å². The quantitative estimate of drug-likeness (QED) is 0.778. The Bertz CT molecular complexity index is 1030. The van der Waals surface area contributed by atoms with Crippen molar-refractivity contribution in [3.05, 3.63) is 56.7 Å². The van der Waals surface area contributed by atoms with Crippen LogP contribution in [0.3, 0.4) is 0 Å². The Morgan fingerprint density at radius 3 is 2.33 bits per heavy atom. The van der Waals surface area contributed by atoms with Gasteiger partial charge in [0.05, 0.1) is 16.6 Å². The number of hydrogen-bond acceptors (Lipinski definition) is 3. The predicted octanol–water partition coefficient (Wildman–Crippen LogP) is 2.22. The average molecular weight is 339 g/mol. The molecule has 0 spiro atoms. The largest absolute Gasteiger partial charge is 0.573 e. The van der Waals surface area contributed by atoms with E-state index in [0.717, 1.165) is 16.8 Å². The Morgan fingerprint density at radius 2 is 1.75 bits per heavy atom. The van der Waals surface area contributed by atoms with Gasteiger partial charge in [-0.2, -0.15) is 0 Å². The normalized spacial score (nSPS) is 11.9. The van der Waals surface area contributed by atoms with Gasteiger partial charge in [-0.05, 0) is 31.2 Å². The Morgan fingerprint density at radius 1 is 1.12 bits per heavy atom. The zero-order valence-electron chi connectivity index (χ0n) is 12.6. The Balaban J connectivity index is 2.10. The number of aromatic amines is 1. The van der Waals surface area contributed by atoms with Gasteiger partial charge in [0, 0.05) is 18.8 Å². The van der Waals surface area contributed by atoms with Crippen LogP contribution in [0.4, 0.5) is 13.2 Å². The fourth-order valence-electron chi connectivity index (χ4n) is 2.44. The number of nitrogens with zero attached hydrogens (tertiary/aromatic N) is 2. The van der Waals surface area contributed by atoms with Crippen LogP contribution in [0.1, 0.15) is 5.69 Å². The highest BCUT2D eigenvalue weighted by atomic mass is 19.4. The van der Waals surface area contributed by atoms with Crippen LogP contribution in [-0.4, -0.2) is 20.7 Å². The number of H-pyrrole nitrogens is 1. The van der Waals surface area contributed by atoms with Crippen LogP contribution in [0.15, 0.2) is 39.9 Å². The third kappa shape index (κ3) is 2.68. The minimum absolute atomic E-state index is 0.276. The standard InChI is InChI=1S/C15H12F3N3O3/c1-8-13-11(7-12(22)20(8)2)19-21(14(13)23)9-3-5-10(6-4-9)24-15(16,17)18/h3-7,19H,1-2H3. The summed E-state index contributed by atoms with van der Waals surface area (Å²) < 4.78 is 42.8. The van der Waals surface area contributed by atoms with Gasteiger partial charge in [-0.1, -0.05) is 0 Å². The zero-order chi connectivity index (χ0) is 17.6. The minimum Gasteiger partial charge on any atom is -0.406 e. The van der Waals surface area contributed by atoms with Crippen molar-refractivity contribution < 1.29 is 17.9 Å². The highest BCUT2D eigenvalue weighted by Gasteiger charge is 2.31. The number of aryl methyl sites for hydroxylation is 1. The molecule has 0 amide bonds. The minimum atomic E-state index is -4.78. The van der Waals surface area contributed by atoms with E-state index in [1.54, 1.807) is 14.0 Å². The van der Waals surface area contributed by atoms with Crippen molar-refractivity contribution >= 4 is 10.9 Å². The van der Waals surface area contributed by atoms with E-state index >= 15 is 0 Å². The zero-order valence-corrected chi connectivity index (χ0v) is 12.6. The van der Waals surface area contributed by atoms with Gasteiger partial charge in [-0.3, -0.25) is 14.7 Å². The Hall–Kier alpha value is -2.97. The van der Waals surface area contributed by atoms with E-state index in [1.165, 1.54) is 22.8 Å². The second-order valence-electron chi connectivity index (χ2n) is 5.21. The van der Waals surface area contributed by atoms with Gasteiger partial charge in [0.25, 0.3) is 11.1 Å². The van der Waals surface area contributed by atoms with E-state index in [4.69, 9.17) is 0 Å². The maximum atomic E-state index is 12.5. The summed E-state index contributed by atoms with van der Waals surface area (Å²) in [5, 5.41) is 3.13. The number of halogens is 3. The van der Waals surface area contributed by atoms with E-state index in [1.807, 2.05) is 0 Å². The van der Waals surface area contributed by atoms with E-state index in [-0.39, 0.29) is 11.3 Å². The van der Waals surface area contributed by atoms with E-state index in [9.17, 15) is 22.8 Å². The molecule has 0 radical (unpaired) electrons. The average Bonchev–Trinajstić information content (AvgIpc) is 2.81. The second-order valence-corrected chi connectivity index (χ2v) is 5.21. The molecule has 0 saturated carbocycles. The summed E-state index contributed by atoms with van der Waals surface area (Å²) in [4.78, 5) is 24.3. The molecule has 3 rings (SSSR count). The lowest BCUT2D eigenvalue weighted by Gasteiger charge is -2.09. The van der Waals surface area contributed by atoms with Crippen LogP contribution >= 0.6 is 0 Å². The van der Waals surface area contributed by atoms with Crippen molar-refractivity contribution in [2.75, 3.05) is 0 Å². The molecule has 0 unspecified atom stereocenters. The van der Waals surface area contributed by atoms with Crippen LogP contribution in [-0.2, 0) is 7.05 Å². The number of benzene rings is 1. The molecule has 3 aromatic rings. The monoisotopic (exact) mass is 339 g/mol. The van der Waals surface area contributed by atoms with Gasteiger partial charge in [-0.25, -0.2) is 4.68 Å². The molecule has 0 saturated heterocycles. The molecular formula is C15H12F3N3O3. The van der Waals surface area contributed by atoms with E-state index < -0.39 is 11.9 Å². The topological polar surface area (TPSA) is 69.0 Å². The molecule has 1 N–H and O–H groups in total. The number of aromatic nitrogens is 3. The molecule has 24 heavy (non-hydrogen) atoms. The summed E-state index contributed by atoms with van der Waals surface area (Å²) in [5.41, 5.74) is 0.496. The molecule has 0 aliphatic rings. The van der Waals surface area contributed by atoms with Crippen LogP contribution < -0.4 is 15.9 Å². The van der Waals surface area contributed by atoms with Crippen LogP contribution in [0, 0.1) is 6.92 Å².